The first-order valence-corrected chi connectivity index (χ1v) is 13.1. The maximum atomic E-state index is 13.0. The fraction of sp³-hybridized carbons (Fsp3) is 0.391. The Morgan fingerprint density at radius 1 is 1.12 bits per heavy atom. The number of piperazine rings is 1. The van der Waals surface area contributed by atoms with Gasteiger partial charge in [-0.2, -0.15) is 0 Å². The number of ether oxygens (including phenoxy) is 1. The summed E-state index contributed by atoms with van der Waals surface area (Å²) in [6.45, 7) is 8.33. The molecule has 0 N–H and O–H groups in total. The predicted molar refractivity (Wildman–Crippen MR) is 128 cm³/mol. The first-order chi connectivity index (χ1) is 15.3. The molecule has 1 saturated heterocycles. The van der Waals surface area contributed by atoms with Crippen molar-refractivity contribution in [1.82, 2.24) is 9.88 Å². The largest absolute Gasteiger partial charge is 0.494 e. The van der Waals surface area contributed by atoms with E-state index in [0.29, 0.717) is 38.3 Å². The standard InChI is InChI=1S/C23H27N3O4S2/c1-4-30-18-8-9-20-21(15-18)31-23(24-20)26-12-10-25(11-13-26)22(27)17-6-5-7-19(14-17)32(28,29)16(2)3/h5-9,14-16H,4,10-13H2,1-3H3. The highest BCUT2D eigenvalue weighted by Crippen LogP contribution is 2.32. The van der Waals surface area contributed by atoms with Gasteiger partial charge in [-0.05, 0) is 57.2 Å². The number of nitrogens with zero attached hydrogens (tertiary/aromatic N) is 3. The van der Waals surface area contributed by atoms with Crippen LogP contribution >= 0.6 is 11.3 Å². The second-order valence-electron chi connectivity index (χ2n) is 7.96. The summed E-state index contributed by atoms with van der Waals surface area (Å²) < 4.78 is 31.6. The second-order valence-corrected chi connectivity index (χ2v) is 11.5. The number of hydrogen-bond donors (Lipinski definition) is 0. The second kappa shape index (κ2) is 9.07. The molecule has 0 saturated carbocycles. The highest BCUT2D eigenvalue weighted by Gasteiger charge is 2.26. The lowest BCUT2D eigenvalue weighted by molar-refractivity contribution is 0.0746. The van der Waals surface area contributed by atoms with Gasteiger partial charge in [0.15, 0.2) is 15.0 Å². The number of aromatic nitrogens is 1. The van der Waals surface area contributed by atoms with Crippen LogP contribution in [0, 0.1) is 0 Å². The molecule has 0 bridgehead atoms. The lowest BCUT2D eigenvalue weighted by atomic mass is 10.2. The number of benzene rings is 2. The minimum atomic E-state index is -3.42. The first kappa shape index (κ1) is 22.5. The van der Waals surface area contributed by atoms with E-state index in [2.05, 4.69) is 4.90 Å². The highest BCUT2D eigenvalue weighted by atomic mass is 32.2. The van der Waals surface area contributed by atoms with Crippen LogP contribution < -0.4 is 9.64 Å². The van der Waals surface area contributed by atoms with E-state index < -0.39 is 15.1 Å². The van der Waals surface area contributed by atoms with Gasteiger partial charge in [0.2, 0.25) is 0 Å². The average molecular weight is 474 g/mol. The van der Waals surface area contributed by atoms with Crippen molar-refractivity contribution in [2.24, 2.45) is 0 Å². The minimum Gasteiger partial charge on any atom is -0.494 e. The Bertz CT molecular complexity index is 1230. The van der Waals surface area contributed by atoms with Crippen LogP contribution in [0.2, 0.25) is 0 Å². The molecule has 0 aliphatic carbocycles. The van der Waals surface area contributed by atoms with E-state index in [9.17, 15) is 13.2 Å². The summed E-state index contributed by atoms with van der Waals surface area (Å²) in [5, 5.41) is 0.403. The molecule has 7 nitrogen and oxygen atoms in total. The van der Waals surface area contributed by atoms with Gasteiger partial charge in [0.25, 0.3) is 5.91 Å². The summed E-state index contributed by atoms with van der Waals surface area (Å²) in [5.74, 6) is 0.698. The normalized spacial score (nSPS) is 14.9. The summed E-state index contributed by atoms with van der Waals surface area (Å²) >= 11 is 1.62. The number of carbonyl (C=O) groups is 1. The molecule has 0 spiro atoms. The van der Waals surface area contributed by atoms with Crippen LogP contribution in [0.4, 0.5) is 5.13 Å². The summed E-state index contributed by atoms with van der Waals surface area (Å²) in [7, 11) is -3.42. The van der Waals surface area contributed by atoms with E-state index in [1.54, 1.807) is 48.3 Å². The van der Waals surface area contributed by atoms with Crippen LogP contribution in [0.3, 0.4) is 0 Å². The average Bonchev–Trinajstić information content (AvgIpc) is 3.22. The Balaban J connectivity index is 1.45. The van der Waals surface area contributed by atoms with Crippen molar-refractivity contribution in [3.8, 4) is 5.75 Å². The Kier molecular flexibility index (Phi) is 6.39. The molecule has 1 amide bonds. The third-order valence-corrected chi connectivity index (χ3v) is 8.76. The molecule has 1 aliphatic heterocycles. The Labute approximate surface area is 192 Å². The molecule has 0 unspecified atom stereocenters. The topological polar surface area (TPSA) is 79.8 Å². The van der Waals surface area contributed by atoms with Gasteiger partial charge in [0, 0.05) is 31.7 Å². The molecule has 2 heterocycles. The van der Waals surface area contributed by atoms with Crippen molar-refractivity contribution in [3.63, 3.8) is 0 Å². The molecule has 0 atom stereocenters. The molecule has 9 heteroatoms. The van der Waals surface area contributed by atoms with Gasteiger partial charge in [0.1, 0.15) is 5.75 Å². The van der Waals surface area contributed by atoms with Crippen molar-refractivity contribution < 1.29 is 17.9 Å². The smallest absolute Gasteiger partial charge is 0.254 e. The molecular formula is C23H27N3O4S2. The van der Waals surface area contributed by atoms with E-state index >= 15 is 0 Å². The molecule has 0 radical (unpaired) electrons. The third kappa shape index (κ3) is 4.45. The van der Waals surface area contributed by atoms with Crippen molar-refractivity contribution in [3.05, 3.63) is 48.0 Å². The van der Waals surface area contributed by atoms with E-state index in [1.807, 2.05) is 25.1 Å². The van der Waals surface area contributed by atoms with Gasteiger partial charge in [-0.1, -0.05) is 17.4 Å². The lowest BCUT2D eigenvalue weighted by Gasteiger charge is -2.34. The van der Waals surface area contributed by atoms with Crippen LogP contribution in [-0.2, 0) is 9.84 Å². The van der Waals surface area contributed by atoms with Crippen LogP contribution in [0.1, 0.15) is 31.1 Å². The zero-order valence-electron chi connectivity index (χ0n) is 18.4. The summed E-state index contributed by atoms with van der Waals surface area (Å²) in [4.78, 5) is 21.9. The molecule has 1 aromatic heterocycles. The molecule has 2 aromatic carbocycles. The number of thiazole rings is 1. The number of hydrogen-bond acceptors (Lipinski definition) is 7. The Morgan fingerprint density at radius 3 is 2.56 bits per heavy atom. The van der Waals surface area contributed by atoms with Gasteiger partial charge in [-0.3, -0.25) is 4.79 Å². The van der Waals surface area contributed by atoms with Gasteiger partial charge >= 0.3 is 0 Å². The van der Waals surface area contributed by atoms with E-state index in [4.69, 9.17) is 9.72 Å². The fourth-order valence-electron chi connectivity index (χ4n) is 3.65. The molecular weight excluding hydrogens is 446 g/mol. The SMILES string of the molecule is CCOc1ccc2nc(N3CCN(C(=O)c4cccc(S(=O)(=O)C(C)C)c4)CC3)sc2c1. The number of rotatable bonds is 6. The van der Waals surface area contributed by atoms with Crippen LogP contribution in [0.25, 0.3) is 10.2 Å². The van der Waals surface area contributed by atoms with E-state index in [0.717, 1.165) is 21.1 Å². The monoisotopic (exact) mass is 473 g/mol. The van der Waals surface area contributed by atoms with Crippen molar-refractivity contribution >= 4 is 42.4 Å². The molecule has 1 fully saturated rings. The van der Waals surface area contributed by atoms with Gasteiger partial charge in [-0.25, -0.2) is 13.4 Å². The molecule has 1 aliphatic rings. The molecule has 32 heavy (non-hydrogen) atoms. The van der Waals surface area contributed by atoms with Crippen LogP contribution in [0.5, 0.6) is 5.75 Å². The lowest BCUT2D eigenvalue weighted by Crippen LogP contribution is -2.48. The maximum Gasteiger partial charge on any atom is 0.254 e. The predicted octanol–water partition coefficient (Wildman–Crippen LogP) is 3.84. The summed E-state index contributed by atoms with van der Waals surface area (Å²) in [6, 6.07) is 12.3. The number of amides is 1. The van der Waals surface area contributed by atoms with Crippen molar-refractivity contribution in [2.75, 3.05) is 37.7 Å². The maximum absolute atomic E-state index is 13.0. The minimum absolute atomic E-state index is 0.142. The number of anilines is 1. The molecule has 4 rings (SSSR count). The van der Waals surface area contributed by atoms with Crippen LogP contribution in [0.15, 0.2) is 47.4 Å². The number of carbonyl (C=O) groups excluding carboxylic acids is 1. The fourth-order valence-corrected chi connectivity index (χ4v) is 5.80. The summed E-state index contributed by atoms with van der Waals surface area (Å²) in [6.07, 6.45) is 0. The van der Waals surface area contributed by atoms with E-state index in [1.165, 1.54) is 6.07 Å². The van der Waals surface area contributed by atoms with Gasteiger partial charge in [-0.15, -0.1) is 0 Å². The van der Waals surface area contributed by atoms with E-state index in [-0.39, 0.29) is 10.8 Å². The zero-order valence-corrected chi connectivity index (χ0v) is 20.1. The zero-order chi connectivity index (χ0) is 22.9. The number of sulfone groups is 1. The van der Waals surface area contributed by atoms with Gasteiger partial charge in [0.05, 0.1) is 27.0 Å². The molecule has 3 aromatic rings. The molecule has 170 valence electrons. The number of fused-ring (bicyclic) bond motifs is 1. The third-order valence-electron chi connectivity index (χ3n) is 5.53. The highest BCUT2D eigenvalue weighted by molar-refractivity contribution is 7.92. The first-order valence-electron chi connectivity index (χ1n) is 10.7. The van der Waals surface area contributed by atoms with Gasteiger partial charge < -0.3 is 14.5 Å². The van der Waals surface area contributed by atoms with Crippen molar-refractivity contribution in [1.29, 1.82) is 0 Å². The Hall–Kier alpha value is -2.65. The summed E-state index contributed by atoms with van der Waals surface area (Å²) in [5.41, 5.74) is 1.35. The Morgan fingerprint density at radius 2 is 1.88 bits per heavy atom. The quantitative estimate of drug-likeness (QED) is 0.541. The van der Waals surface area contributed by atoms with Crippen molar-refractivity contribution in [2.45, 2.75) is 30.9 Å². The van der Waals surface area contributed by atoms with Crippen LogP contribution in [-0.4, -0.2) is 62.2 Å².